The molecule has 0 bridgehead atoms. The first-order valence-corrected chi connectivity index (χ1v) is 16.2. The molecule has 0 saturated carbocycles. The second-order valence-electron chi connectivity index (χ2n) is 11.7. The number of fused-ring (bicyclic) bond motifs is 10. The summed E-state index contributed by atoms with van der Waals surface area (Å²) in [7, 11) is 0. The molecular weight excluding hydrogens is 581 g/mol. The molecule has 0 aliphatic rings. The van der Waals surface area contributed by atoms with E-state index in [-0.39, 0.29) is 0 Å². The van der Waals surface area contributed by atoms with E-state index in [9.17, 15) is 0 Å². The monoisotopic (exact) mass is 604 g/mol. The number of thiophene rings is 1. The lowest BCUT2D eigenvalue weighted by Crippen LogP contribution is -1.95. The molecule has 10 rings (SSSR count). The van der Waals surface area contributed by atoms with Gasteiger partial charge in [0.2, 0.25) is 0 Å². The molecule has 4 heteroatoms. The van der Waals surface area contributed by atoms with Gasteiger partial charge in [-0.3, -0.25) is 0 Å². The van der Waals surface area contributed by atoms with Gasteiger partial charge in [-0.1, -0.05) is 109 Å². The highest BCUT2D eigenvalue weighted by Gasteiger charge is 2.19. The molecule has 0 spiro atoms. The zero-order valence-corrected chi connectivity index (χ0v) is 25.4. The third-order valence-corrected chi connectivity index (χ3v) is 10.2. The van der Waals surface area contributed by atoms with E-state index in [1.54, 1.807) is 0 Å². The summed E-state index contributed by atoms with van der Waals surface area (Å²) in [5, 5.41) is 7.96. The van der Waals surface area contributed by atoms with Gasteiger partial charge in [-0.15, -0.1) is 11.3 Å². The highest BCUT2D eigenvalue weighted by atomic mass is 32.1. The molecule has 0 saturated heterocycles. The third kappa shape index (κ3) is 3.84. The fourth-order valence-electron chi connectivity index (χ4n) is 6.84. The minimum Gasteiger partial charge on any atom is -0.455 e. The summed E-state index contributed by atoms with van der Waals surface area (Å²) in [4.78, 5) is 10.5. The third-order valence-electron chi connectivity index (χ3n) is 9.09. The molecule has 0 N–H and O–H groups in total. The van der Waals surface area contributed by atoms with E-state index in [0.29, 0.717) is 5.82 Å². The van der Waals surface area contributed by atoms with Crippen molar-refractivity contribution in [1.82, 2.24) is 9.97 Å². The summed E-state index contributed by atoms with van der Waals surface area (Å²) < 4.78 is 9.15. The molecule has 0 fully saturated rings. The number of aromatic nitrogens is 2. The van der Waals surface area contributed by atoms with Crippen LogP contribution >= 0.6 is 11.3 Å². The van der Waals surface area contributed by atoms with Crippen molar-refractivity contribution in [2.24, 2.45) is 0 Å². The van der Waals surface area contributed by atoms with Crippen molar-refractivity contribution >= 4 is 75.1 Å². The molecule has 0 radical (unpaired) electrons. The molecule has 0 aliphatic carbocycles. The van der Waals surface area contributed by atoms with Crippen LogP contribution in [0.5, 0.6) is 0 Å². The minimum absolute atomic E-state index is 0.694. The average Bonchev–Trinajstić information content (AvgIpc) is 3.70. The lowest BCUT2D eigenvalue weighted by molar-refractivity contribution is 0.673. The van der Waals surface area contributed by atoms with E-state index in [1.165, 1.54) is 31.3 Å². The van der Waals surface area contributed by atoms with Crippen molar-refractivity contribution in [1.29, 1.82) is 0 Å². The van der Waals surface area contributed by atoms with Crippen LogP contribution in [0.25, 0.3) is 97.6 Å². The maximum Gasteiger partial charge on any atom is 0.160 e. The van der Waals surface area contributed by atoms with Crippen molar-refractivity contribution in [3.05, 3.63) is 146 Å². The quantitative estimate of drug-likeness (QED) is 0.201. The van der Waals surface area contributed by atoms with Crippen LogP contribution in [0.3, 0.4) is 0 Å². The van der Waals surface area contributed by atoms with Crippen LogP contribution in [-0.2, 0) is 0 Å². The molecule has 3 heterocycles. The molecule has 0 unspecified atom stereocenters. The topological polar surface area (TPSA) is 38.9 Å². The maximum atomic E-state index is 6.52. The molecule has 10 aromatic rings. The van der Waals surface area contributed by atoms with Crippen LogP contribution in [0, 0.1) is 0 Å². The summed E-state index contributed by atoms with van der Waals surface area (Å²) >= 11 is 1.84. The molecular formula is C42H24N2OS. The van der Waals surface area contributed by atoms with E-state index in [0.717, 1.165) is 60.4 Å². The van der Waals surface area contributed by atoms with Crippen LogP contribution in [0.1, 0.15) is 0 Å². The van der Waals surface area contributed by atoms with Gasteiger partial charge < -0.3 is 4.42 Å². The largest absolute Gasteiger partial charge is 0.455 e. The summed E-state index contributed by atoms with van der Waals surface area (Å²) in [6, 6.07) is 51.3. The lowest BCUT2D eigenvalue weighted by Gasteiger charge is -2.11. The van der Waals surface area contributed by atoms with Crippen molar-refractivity contribution in [3.8, 4) is 33.8 Å². The zero-order chi connectivity index (χ0) is 30.2. The SMILES string of the molecule is c1ccc(-c2nc(-c3ccc(-c4ccc5sc6ccccc6c5c4)cc3)nc3c2ccc2oc4c5ccccc5ccc4c23)cc1. The Morgan fingerprint density at radius 2 is 1.17 bits per heavy atom. The second-order valence-corrected chi connectivity index (χ2v) is 12.8. The number of nitrogens with zero attached hydrogens (tertiary/aromatic N) is 2. The van der Waals surface area contributed by atoms with Crippen LogP contribution in [-0.4, -0.2) is 9.97 Å². The van der Waals surface area contributed by atoms with Gasteiger partial charge in [0.05, 0.1) is 16.6 Å². The Labute approximate surface area is 268 Å². The highest BCUT2D eigenvalue weighted by molar-refractivity contribution is 7.25. The first-order valence-electron chi connectivity index (χ1n) is 15.4. The fourth-order valence-corrected chi connectivity index (χ4v) is 7.93. The van der Waals surface area contributed by atoms with E-state index in [4.69, 9.17) is 14.4 Å². The highest BCUT2D eigenvalue weighted by Crippen LogP contribution is 2.41. The standard InChI is InChI=1S/C42H24N2OS/c1-2-9-27(10-3-1)39-33-21-22-35-38(32-20-18-26-8-4-5-11-30(26)41(32)45-35)40(33)44-42(43-39)28-16-14-25(15-17-28)29-19-23-37-34(24-29)31-12-6-7-13-36(31)46-37/h1-24H. The van der Waals surface area contributed by atoms with Gasteiger partial charge in [-0.25, -0.2) is 9.97 Å². The summed E-state index contributed by atoms with van der Waals surface area (Å²) in [5.41, 5.74) is 7.93. The molecule has 0 amide bonds. The zero-order valence-electron chi connectivity index (χ0n) is 24.6. The van der Waals surface area contributed by atoms with E-state index >= 15 is 0 Å². The summed E-state index contributed by atoms with van der Waals surface area (Å²) in [6.07, 6.45) is 0. The summed E-state index contributed by atoms with van der Waals surface area (Å²) in [5.74, 6) is 0.694. The Hall–Kier alpha value is -5.84. The van der Waals surface area contributed by atoms with Crippen LogP contribution < -0.4 is 0 Å². The smallest absolute Gasteiger partial charge is 0.160 e. The van der Waals surface area contributed by atoms with Gasteiger partial charge in [0.1, 0.15) is 11.2 Å². The summed E-state index contributed by atoms with van der Waals surface area (Å²) in [6.45, 7) is 0. The van der Waals surface area contributed by atoms with Crippen molar-refractivity contribution in [2.75, 3.05) is 0 Å². The molecule has 214 valence electrons. The first-order chi connectivity index (χ1) is 22.8. The minimum atomic E-state index is 0.694. The fraction of sp³-hybridized carbons (Fsp3) is 0. The number of rotatable bonds is 3. The van der Waals surface area contributed by atoms with Gasteiger partial charge in [-0.05, 0) is 52.9 Å². The van der Waals surface area contributed by atoms with Crippen LogP contribution in [0.4, 0.5) is 0 Å². The van der Waals surface area contributed by atoms with Gasteiger partial charge in [0, 0.05) is 47.5 Å². The van der Waals surface area contributed by atoms with Crippen molar-refractivity contribution in [2.45, 2.75) is 0 Å². The van der Waals surface area contributed by atoms with E-state index in [2.05, 4.69) is 140 Å². The van der Waals surface area contributed by atoms with Gasteiger partial charge in [0.25, 0.3) is 0 Å². The molecule has 46 heavy (non-hydrogen) atoms. The Morgan fingerprint density at radius 3 is 2.07 bits per heavy atom. The Kier molecular flexibility index (Phi) is 5.45. The van der Waals surface area contributed by atoms with Gasteiger partial charge in [0.15, 0.2) is 5.82 Å². The molecule has 0 aliphatic heterocycles. The Morgan fingerprint density at radius 1 is 0.457 bits per heavy atom. The second kappa shape index (κ2) is 9.83. The van der Waals surface area contributed by atoms with Crippen molar-refractivity contribution < 1.29 is 4.42 Å². The van der Waals surface area contributed by atoms with E-state index in [1.807, 2.05) is 17.4 Å². The average molecular weight is 605 g/mol. The number of hydrogen-bond donors (Lipinski definition) is 0. The Bertz CT molecular complexity index is 2790. The van der Waals surface area contributed by atoms with Gasteiger partial charge in [-0.2, -0.15) is 0 Å². The molecule has 0 atom stereocenters. The number of furan rings is 1. The predicted octanol–water partition coefficient (Wildman–Crippen LogP) is 12.1. The Balaban J connectivity index is 1.17. The van der Waals surface area contributed by atoms with Crippen LogP contribution in [0.15, 0.2) is 150 Å². The first kappa shape index (κ1) is 25.5. The predicted molar refractivity (Wildman–Crippen MR) is 194 cm³/mol. The van der Waals surface area contributed by atoms with Gasteiger partial charge >= 0.3 is 0 Å². The lowest BCUT2D eigenvalue weighted by atomic mass is 10.00. The number of benzene rings is 7. The van der Waals surface area contributed by atoms with E-state index < -0.39 is 0 Å². The maximum absolute atomic E-state index is 6.52. The number of hydrogen-bond acceptors (Lipinski definition) is 4. The molecule has 3 nitrogen and oxygen atoms in total. The normalized spacial score (nSPS) is 11.9. The van der Waals surface area contributed by atoms with Crippen LogP contribution in [0.2, 0.25) is 0 Å². The van der Waals surface area contributed by atoms with Crippen molar-refractivity contribution in [3.63, 3.8) is 0 Å². The molecule has 7 aromatic carbocycles. The molecule has 3 aromatic heterocycles.